The minimum atomic E-state index is -4.89. The van der Waals surface area contributed by atoms with Crippen LogP contribution in [-0.4, -0.2) is 104 Å². The number of allylic oxidation sites excluding steroid dienone is 6. The summed E-state index contributed by atoms with van der Waals surface area (Å²) in [6.45, 7) is 1.29. The highest BCUT2D eigenvalue weighted by Gasteiger charge is 2.39. The fourth-order valence-electron chi connectivity index (χ4n) is 6.87. The molecule has 0 aromatic rings. The molecule has 1 rings (SSSR count). The Morgan fingerprint density at radius 2 is 1.27 bits per heavy atom. The van der Waals surface area contributed by atoms with E-state index < -0.39 is 84.5 Å². The maximum atomic E-state index is 12.7. The van der Waals surface area contributed by atoms with Crippen LogP contribution in [0.4, 0.5) is 0 Å². The number of ether oxygens (including phenoxy) is 2. The van der Waals surface area contributed by atoms with Crippen molar-refractivity contribution < 1.29 is 76.9 Å². The highest BCUT2D eigenvalue weighted by atomic mass is 31.2. The zero-order chi connectivity index (χ0) is 46.1. The molecule has 0 aromatic carbocycles. The van der Waals surface area contributed by atoms with Crippen LogP contribution in [0.2, 0.25) is 0 Å². The van der Waals surface area contributed by atoms with Gasteiger partial charge in [-0.1, -0.05) is 120 Å². The van der Waals surface area contributed by atoms with Gasteiger partial charge in [-0.25, -0.2) is 9.13 Å². The van der Waals surface area contributed by atoms with Gasteiger partial charge in [-0.3, -0.25) is 23.2 Å². The first-order valence-corrected chi connectivity index (χ1v) is 25.6. The summed E-state index contributed by atoms with van der Waals surface area (Å²) in [7, 11) is -9.76. The Bertz CT molecular complexity index is 1400. The van der Waals surface area contributed by atoms with Crippen molar-refractivity contribution in [2.45, 2.75) is 179 Å². The van der Waals surface area contributed by atoms with Gasteiger partial charge < -0.3 is 44.6 Å². The van der Waals surface area contributed by atoms with Gasteiger partial charge in [0.2, 0.25) is 0 Å². The average Bonchev–Trinajstić information content (AvgIpc) is 3.49. The molecule has 1 aliphatic rings. The Morgan fingerprint density at radius 1 is 0.677 bits per heavy atom. The van der Waals surface area contributed by atoms with Crippen LogP contribution in [0.3, 0.4) is 0 Å². The third-order valence-electron chi connectivity index (χ3n) is 10.3. The second kappa shape index (κ2) is 35.2. The summed E-state index contributed by atoms with van der Waals surface area (Å²) >= 11 is 0. The van der Waals surface area contributed by atoms with Crippen molar-refractivity contribution in [2.75, 3.05) is 26.4 Å². The highest BCUT2D eigenvalue weighted by Crippen LogP contribution is 2.44. The third kappa shape index (κ3) is 31.7. The summed E-state index contributed by atoms with van der Waals surface area (Å²) in [5, 5.41) is 41.1. The van der Waals surface area contributed by atoms with Crippen molar-refractivity contribution in [1.82, 2.24) is 0 Å². The van der Waals surface area contributed by atoms with E-state index in [4.69, 9.17) is 23.8 Å². The van der Waals surface area contributed by atoms with Gasteiger partial charge in [0.1, 0.15) is 12.7 Å². The Kier molecular flexibility index (Phi) is 33.0. The number of unbranched alkanes of at least 4 members (excludes halogenated alkanes) is 10. The van der Waals surface area contributed by atoms with Crippen LogP contribution in [0.25, 0.3) is 0 Å². The molecule has 360 valence electrons. The largest absolute Gasteiger partial charge is 0.472 e. The second-order valence-corrected chi connectivity index (χ2v) is 18.6. The SMILES string of the molecule is CC/C=C\C/C=C\C/C=C\CCCCCCCC(=O)O[C@H](COC(=O)CCCCCC[C@@H]1[C@@H](/C=C/[C@@H](O)CCCCC)[C@H](O)C[C@@H]1O)COP(=O)(O)OC[C@@H](O)COP(=O)(O)O. The van der Waals surface area contributed by atoms with Crippen molar-refractivity contribution in [3.8, 4) is 0 Å². The molecule has 62 heavy (non-hydrogen) atoms. The van der Waals surface area contributed by atoms with Crippen molar-refractivity contribution >= 4 is 27.6 Å². The zero-order valence-corrected chi connectivity index (χ0v) is 38.8. The van der Waals surface area contributed by atoms with Gasteiger partial charge in [0.05, 0.1) is 38.1 Å². The van der Waals surface area contributed by atoms with Gasteiger partial charge in [-0.15, -0.1) is 0 Å². The van der Waals surface area contributed by atoms with Gasteiger partial charge in [0.25, 0.3) is 0 Å². The normalized spacial score (nSPS) is 21.0. The lowest BCUT2D eigenvalue weighted by Gasteiger charge is -2.21. The van der Waals surface area contributed by atoms with Gasteiger partial charge >= 0.3 is 27.6 Å². The lowest BCUT2D eigenvalue weighted by molar-refractivity contribution is -0.161. The molecule has 16 nitrogen and oxygen atoms in total. The minimum Gasteiger partial charge on any atom is -0.462 e. The molecule has 1 fully saturated rings. The number of carbonyl (C=O) groups excluding carboxylic acids is 2. The minimum absolute atomic E-state index is 0.0630. The first kappa shape index (κ1) is 58.0. The standard InChI is InChI=1S/C44H78O16P2/c1-3-5-7-8-9-10-11-12-13-14-15-16-17-18-24-28-44(50)60-38(35-59-62(54,55)58-33-37(46)32-57-61(51,52)53)34-56-43(49)27-23-20-19-22-26-39-40(42(48)31-41(39)47)30-29-36(45)25-21-6-4-2/h5,7,9-10,12-13,29-30,36-42,45-48H,3-4,6,8,11,14-28,31-35H2,1-2H3,(H,54,55)(H2,51,52,53)/b7-5-,10-9-,13-12-,30-29+/t36-,37-,38+,39+,40+,41-,42+/m0/s1. The molecule has 0 spiro atoms. The Labute approximate surface area is 369 Å². The molecule has 1 saturated carbocycles. The van der Waals surface area contributed by atoms with Gasteiger partial charge in [-0.2, -0.15) is 0 Å². The van der Waals surface area contributed by atoms with E-state index in [0.717, 1.165) is 83.5 Å². The first-order valence-electron chi connectivity index (χ1n) is 22.6. The van der Waals surface area contributed by atoms with E-state index in [1.807, 2.05) is 6.08 Å². The van der Waals surface area contributed by atoms with Crippen molar-refractivity contribution in [3.05, 3.63) is 48.6 Å². The van der Waals surface area contributed by atoms with Crippen LogP contribution in [0.1, 0.15) is 149 Å². The van der Waals surface area contributed by atoms with Crippen molar-refractivity contribution in [2.24, 2.45) is 11.8 Å². The highest BCUT2D eigenvalue weighted by molar-refractivity contribution is 7.47. The Balaban J connectivity index is 2.54. The lowest BCUT2D eigenvalue weighted by atomic mass is 9.88. The molecular formula is C44H78O16P2. The fourth-order valence-corrected chi connectivity index (χ4v) is 8.03. The Hall–Kier alpha value is -2.04. The summed E-state index contributed by atoms with van der Waals surface area (Å²) in [6.07, 6.45) is 27.4. The second-order valence-electron chi connectivity index (χ2n) is 15.9. The van der Waals surface area contributed by atoms with Crippen molar-refractivity contribution in [3.63, 3.8) is 0 Å². The third-order valence-corrected chi connectivity index (χ3v) is 11.7. The topological polar surface area (TPSA) is 256 Å². The van der Waals surface area contributed by atoms with Crippen LogP contribution in [0.15, 0.2) is 48.6 Å². The summed E-state index contributed by atoms with van der Waals surface area (Å²) in [5.74, 6) is -1.56. The quantitative estimate of drug-likeness (QED) is 0.0135. The molecule has 0 saturated heterocycles. The van der Waals surface area contributed by atoms with Crippen LogP contribution >= 0.6 is 15.6 Å². The number of phosphoric ester groups is 2. The maximum absolute atomic E-state index is 12.7. The monoisotopic (exact) mass is 924 g/mol. The summed E-state index contributed by atoms with van der Waals surface area (Å²) < 4.78 is 47.8. The van der Waals surface area contributed by atoms with Gasteiger partial charge in [0.15, 0.2) is 6.10 Å². The maximum Gasteiger partial charge on any atom is 0.472 e. The van der Waals surface area contributed by atoms with E-state index in [1.54, 1.807) is 6.08 Å². The van der Waals surface area contributed by atoms with Crippen molar-refractivity contribution in [1.29, 1.82) is 0 Å². The molecule has 0 amide bonds. The predicted molar refractivity (Wildman–Crippen MR) is 236 cm³/mol. The number of carbonyl (C=O) groups is 2. The molecule has 8 atom stereocenters. The zero-order valence-electron chi connectivity index (χ0n) is 37.0. The van der Waals surface area contributed by atoms with E-state index in [1.165, 1.54) is 0 Å². The molecule has 18 heteroatoms. The predicted octanol–water partition coefficient (Wildman–Crippen LogP) is 7.83. The van der Waals surface area contributed by atoms with Crippen LogP contribution in [0, 0.1) is 11.8 Å². The molecule has 7 N–H and O–H groups in total. The summed E-state index contributed by atoms with van der Waals surface area (Å²) in [4.78, 5) is 53.0. The molecule has 0 heterocycles. The number of aliphatic hydroxyl groups excluding tert-OH is 4. The van der Waals surface area contributed by atoms with Gasteiger partial charge in [-0.05, 0) is 63.7 Å². The average molecular weight is 925 g/mol. The number of hydrogen-bond acceptors (Lipinski definition) is 13. The molecule has 0 radical (unpaired) electrons. The van der Waals surface area contributed by atoms with Crippen LogP contribution < -0.4 is 0 Å². The molecular weight excluding hydrogens is 846 g/mol. The molecule has 0 aliphatic heterocycles. The smallest absolute Gasteiger partial charge is 0.462 e. The lowest BCUT2D eigenvalue weighted by Crippen LogP contribution is -2.30. The number of phosphoric acid groups is 2. The van der Waals surface area contributed by atoms with E-state index in [2.05, 4.69) is 59.4 Å². The molecule has 0 bridgehead atoms. The van der Waals surface area contributed by atoms with E-state index in [9.17, 15) is 44.0 Å². The molecule has 0 aromatic heterocycles. The first-order chi connectivity index (χ1) is 29.6. The number of hydrogen-bond donors (Lipinski definition) is 7. The van der Waals surface area contributed by atoms with Crippen LogP contribution in [-0.2, 0) is 41.8 Å². The van der Waals surface area contributed by atoms with Gasteiger partial charge in [0, 0.05) is 25.2 Å². The Morgan fingerprint density at radius 3 is 1.95 bits per heavy atom. The summed E-state index contributed by atoms with van der Waals surface area (Å²) in [6, 6.07) is 0. The molecule has 1 unspecified atom stereocenters. The fraction of sp³-hybridized carbons (Fsp3) is 0.773. The van der Waals surface area contributed by atoms with E-state index in [-0.39, 0.29) is 31.1 Å². The van der Waals surface area contributed by atoms with E-state index in [0.29, 0.717) is 32.1 Å². The van der Waals surface area contributed by atoms with E-state index >= 15 is 0 Å². The number of rotatable bonds is 38. The molecule has 1 aliphatic carbocycles. The number of esters is 2. The summed E-state index contributed by atoms with van der Waals surface area (Å²) in [5.41, 5.74) is 0. The number of aliphatic hydroxyl groups is 4. The van der Waals surface area contributed by atoms with Crippen LogP contribution in [0.5, 0.6) is 0 Å².